The average Bonchev–Trinajstić information content (AvgIpc) is 2.45. The highest BCUT2D eigenvalue weighted by molar-refractivity contribution is 9.10. The molecule has 0 N–H and O–H groups in total. The molecule has 1 heterocycles. The smallest absolute Gasteiger partial charge is 0.134 e. The molecule has 0 aliphatic carbocycles. The molecule has 3 heteroatoms. The molecule has 0 aliphatic heterocycles. The van der Waals surface area contributed by atoms with Crippen molar-refractivity contribution >= 4 is 26.9 Å². The van der Waals surface area contributed by atoms with Gasteiger partial charge in [0.15, 0.2) is 0 Å². The van der Waals surface area contributed by atoms with Crippen molar-refractivity contribution in [3.05, 3.63) is 34.5 Å². The Morgan fingerprint density at radius 3 is 2.71 bits per heavy atom. The van der Waals surface area contributed by atoms with Crippen LogP contribution in [0.15, 0.2) is 33.4 Å². The summed E-state index contributed by atoms with van der Waals surface area (Å²) in [5.41, 5.74) is -0.0609. The van der Waals surface area contributed by atoms with Crippen LogP contribution in [-0.2, 0) is 5.67 Å². The van der Waals surface area contributed by atoms with Crippen molar-refractivity contribution in [2.24, 2.45) is 0 Å². The van der Waals surface area contributed by atoms with Crippen molar-refractivity contribution in [2.45, 2.75) is 19.5 Å². The SMILES string of the molecule is CC(C)(F)c1coc2ccc(Br)cc12. The van der Waals surface area contributed by atoms with Gasteiger partial charge < -0.3 is 4.42 Å². The normalized spacial score (nSPS) is 12.3. The lowest BCUT2D eigenvalue weighted by Crippen LogP contribution is -2.07. The Morgan fingerprint density at radius 2 is 2.07 bits per heavy atom. The van der Waals surface area contributed by atoms with Crippen LogP contribution in [-0.4, -0.2) is 0 Å². The molecule has 0 fully saturated rings. The summed E-state index contributed by atoms with van der Waals surface area (Å²) in [5, 5.41) is 0.826. The van der Waals surface area contributed by atoms with Gasteiger partial charge in [0.1, 0.15) is 11.3 Å². The summed E-state index contributed by atoms with van der Waals surface area (Å²) in [4.78, 5) is 0. The van der Waals surface area contributed by atoms with E-state index in [1.54, 1.807) is 0 Å². The van der Waals surface area contributed by atoms with E-state index in [0.29, 0.717) is 11.1 Å². The minimum absolute atomic E-state index is 0.591. The molecule has 1 aromatic heterocycles. The third-order valence-electron chi connectivity index (χ3n) is 2.18. The number of rotatable bonds is 1. The maximum absolute atomic E-state index is 13.7. The Balaban J connectivity index is 2.73. The van der Waals surface area contributed by atoms with Gasteiger partial charge >= 0.3 is 0 Å². The average molecular weight is 257 g/mol. The first-order valence-electron chi connectivity index (χ1n) is 4.34. The number of hydrogen-bond acceptors (Lipinski definition) is 1. The van der Waals surface area contributed by atoms with Crippen LogP contribution < -0.4 is 0 Å². The fourth-order valence-corrected chi connectivity index (χ4v) is 1.82. The van der Waals surface area contributed by atoms with Crippen LogP contribution in [0.4, 0.5) is 4.39 Å². The third kappa shape index (κ3) is 1.57. The number of benzene rings is 1. The lowest BCUT2D eigenvalue weighted by Gasteiger charge is -2.11. The minimum Gasteiger partial charge on any atom is -0.464 e. The Labute approximate surface area is 90.0 Å². The first kappa shape index (κ1) is 9.71. The molecule has 2 aromatic rings. The molecule has 0 unspecified atom stereocenters. The van der Waals surface area contributed by atoms with Crippen molar-refractivity contribution in [3.63, 3.8) is 0 Å². The molecule has 1 nitrogen and oxygen atoms in total. The van der Waals surface area contributed by atoms with Gasteiger partial charge in [0.25, 0.3) is 0 Å². The molecule has 0 spiro atoms. The predicted molar refractivity (Wildman–Crippen MR) is 58.0 cm³/mol. The number of hydrogen-bond donors (Lipinski definition) is 0. The van der Waals surface area contributed by atoms with Crippen LogP contribution in [0, 0.1) is 0 Å². The second kappa shape index (κ2) is 3.09. The maximum atomic E-state index is 13.7. The van der Waals surface area contributed by atoms with Crippen LogP contribution in [0.25, 0.3) is 11.0 Å². The van der Waals surface area contributed by atoms with E-state index in [0.717, 1.165) is 9.86 Å². The van der Waals surface area contributed by atoms with Gasteiger partial charge in [0, 0.05) is 15.4 Å². The maximum Gasteiger partial charge on any atom is 0.134 e. The minimum atomic E-state index is -1.37. The van der Waals surface area contributed by atoms with E-state index in [4.69, 9.17) is 4.42 Å². The monoisotopic (exact) mass is 256 g/mol. The van der Waals surface area contributed by atoms with Gasteiger partial charge in [-0.2, -0.15) is 0 Å². The molecule has 0 bridgehead atoms. The van der Waals surface area contributed by atoms with Gasteiger partial charge in [0.05, 0.1) is 6.26 Å². The van der Waals surface area contributed by atoms with Crippen LogP contribution in [0.5, 0.6) is 0 Å². The zero-order valence-electron chi connectivity index (χ0n) is 7.97. The highest BCUT2D eigenvalue weighted by atomic mass is 79.9. The molecule has 0 amide bonds. The molecule has 0 aliphatic rings. The Kier molecular flexibility index (Phi) is 2.14. The lowest BCUT2D eigenvalue weighted by molar-refractivity contribution is 0.222. The number of halogens is 2. The molecular formula is C11H10BrFO. The zero-order chi connectivity index (χ0) is 10.3. The number of alkyl halides is 1. The summed E-state index contributed by atoms with van der Waals surface area (Å²) in [6, 6.07) is 5.57. The highest BCUT2D eigenvalue weighted by Gasteiger charge is 2.23. The first-order chi connectivity index (χ1) is 6.48. The van der Waals surface area contributed by atoms with Crippen LogP contribution in [0.3, 0.4) is 0 Å². The third-order valence-corrected chi connectivity index (χ3v) is 2.67. The fraction of sp³-hybridized carbons (Fsp3) is 0.273. The lowest BCUT2D eigenvalue weighted by atomic mass is 10.00. The van der Waals surface area contributed by atoms with Gasteiger partial charge in [-0.1, -0.05) is 15.9 Å². The van der Waals surface area contributed by atoms with E-state index in [-0.39, 0.29) is 0 Å². The fourth-order valence-electron chi connectivity index (χ4n) is 1.46. The summed E-state index contributed by atoms with van der Waals surface area (Å²) in [7, 11) is 0. The molecule has 0 saturated heterocycles. The molecule has 0 radical (unpaired) electrons. The molecule has 1 aromatic carbocycles. The zero-order valence-corrected chi connectivity index (χ0v) is 9.56. The van der Waals surface area contributed by atoms with Crippen molar-refractivity contribution in [1.82, 2.24) is 0 Å². The second-order valence-corrected chi connectivity index (χ2v) is 4.68. The standard InChI is InChI=1S/C11H10BrFO/c1-11(2,13)9-6-14-10-4-3-7(12)5-8(9)10/h3-6H,1-2H3. The van der Waals surface area contributed by atoms with Gasteiger partial charge in [-0.25, -0.2) is 4.39 Å². The molecule has 2 rings (SSSR count). The molecule has 74 valence electrons. The summed E-state index contributed by atoms with van der Waals surface area (Å²) >= 11 is 3.35. The van der Waals surface area contributed by atoms with Gasteiger partial charge in [-0.05, 0) is 32.0 Å². The van der Waals surface area contributed by atoms with Gasteiger partial charge in [-0.3, -0.25) is 0 Å². The molecule has 0 saturated carbocycles. The summed E-state index contributed by atoms with van der Waals surface area (Å²) in [5.74, 6) is 0. The Hall–Kier alpha value is -0.830. The topological polar surface area (TPSA) is 13.1 Å². The van der Waals surface area contributed by atoms with Crippen LogP contribution >= 0.6 is 15.9 Å². The largest absolute Gasteiger partial charge is 0.464 e. The predicted octanol–water partition coefficient (Wildman–Crippen LogP) is 4.40. The van der Waals surface area contributed by atoms with E-state index in [1.165, 1.54) is 20.1 Å². The van der Waals surface area contributed by atoms with Gasteiger partial charge in [0.2, 0.25) is 0 Å². The number of fused-ring (bicyclic) bond motifs is 1. The van der Waals surface area contributed by atoms with E-state index in [2.05, 4.69) is 15.9 Å². The number of furan rings is 1. The van der Waals surface area contributed by atoms with E-state index in [1.807, 2.05) is 18.2 Å². The first-order valence-corrected chi connectivity index (χ1v) is 5.14. The molecule has 14 heavy (non-hydrogen) atoms. The van der Waals surface area contributed by atoms with Crippen molar-refractivity contribution < 1.29 is 8.81 Å². The van der Waals surface area contributed by atoms with E-state index >= 15 is 0 Å². The van der Waals surface area contributed by atoms with Crippen LogP contribution in [0.2, 0.25) is 0 Å². The second-order valence-electron chi connectivity index (χ2n) is 3.76. The van der Waals surface area contributed by atoms with Crippen molar-refractivity contribution in [2.75, 3.05) is 0 Å². The Morgan fingerprint density at radius 1 is 1.36 bits per heavy atom. The van der Waals surface area contributed by atoms with Crippen LogP contribution in [0.1, 0.15) is 19.4 Å². The summed E-state index contributed by atoms with van der Waals surface area (Å²) in [6.45, 7) is 3.05. The highest BCUT2D eigenvalue weighted by Crippen LogP contribution is 2.34. The van der Waals surface area contributed by atoms with E-state index in [9.17, 15) is 4.39 Å². The van der Waals surface area contributed by atoms with E-state index < -0.39 is 5.67 Å². The quantitative estimate of drug-likeness (QED) is 0.737. The molecular weight excluding hydrogens is 247 g/mol. The Bertz CT molecular complexity index is 468. The van der Waals surface area contributed by atoms with Crippen molar-refractivity contribution in [1.29, 1.82) is 0 Å². The van der Waals surface area contributed by atoms with Crippen molar-refractivity contribution in [3.8, 4) is 0 Å². The summed E-state index contributed by atoms with van der Waals surface area (Å²) < 4.78 is 19.9. The van der Waals surface area contributed by atoms with Gasteiger partial charge in [-0.15, -0.1) is 0 Å². The molecule has 0 atom stereocenters. The summed E-state index contributed by atoms with van der Waals surface area (Å²) in [6.07, 6.45) is 1.48.